The van der Waals surface area contributed by atoms with Gasteiger partial charge in [0.15, 0.2) is 5.82 Å². The minimum absolute atomic E-state index is 0.157. The Balaban J connectivity index is 1.73. The summed E-state index contributed by atoms with van der Waals surface area (Å²) in [5, 5.41) is 10.9. The van der Waals surface area contributed by atoms with E-state index in [1.165, 1.54) is 30.1 Å². The maximum Gasteiger partial charge on any atom is 0.417 e. The quantitative estimate of drug-likeness (QED) is 0.276. The fourth-order valence-electron chi connectivity index (χ4n) is 2.55. The smallest absolute Gasteiger partial charge is 0.417 e. The molecule has 0 saturated heterocycles. The molecule has 33 heavy (non-hydrogen) atoms. The van der Waals surface area contributed by atoms with Crippen molar-refractivity contribution in [1.82, 2.24) is 15.2 Å². The standard InChI is InChI=1S/C21H18ClF3N6OS/c1-12(33-2)27-18(9-10-26)32-15-6-3-13(4-7-15)19-29-20(31-30-19)28-14-5-8-17(22)16(11-14)21(23,24)25/h3-11H,1,26H2,2H3,(H2,28,29,30,31)/b10-9-,27-18+. The molecule has 4 N–H and O–H groups in total. The Bertz CT molecular complexity index is 1190. The van der Waals surface area contributed by atoms with E-state index in [9.17, 15) is 13.2 Å². The van der Waals surface area contributed by atoms with Crippen LogP contribution in [-0.2, 0) is 6.18 Å². The summed E-state index contributed by atoms with van der Waals surface area (Å²) in [7, 11) is 0. The van der Waals surface area contributed by atoms with E-state index in [-0.39, 0.29) is 22.6 Å². The highest BCUT2D eigenvalue weighted by atomic mass is 35.5. The van der Waals surface area contributed by atoms with E-state index in [0.29, 0.717) is 22.2 Å². The van der Waals surface area contributed by atoms with Crippen LogP contribution in [0, 0.1) is 0 Å². The molecule has 0 aliphatic heterocycles. The highest BCUT2D eigenvalue weighted by Gasteiger charge is 2.33. The van der Waals surface area contributed by atoms with Gasteiger partial charge in [0, 0.05) is 17.3 Å². The molecule has 3 rings (SSSR count). The third-order valence-electron chi connectivity index (χ3n) is 4.08. The molecule has 0 atom stereocenters. The number of halogens is 4. The van der Waals surface area contributed by atoms with Crippen LogP contribution in [0.15, 0.2) is 71.3 Å². The number of H-pyrrole nitrogens is 1. The molecule has 0 aliphatic carbocycles. The molecule has 12 heteroatoms. The predicted octanol–water partition coefficient (Wildman–Crippen LogP) is 5.97. The lowest BCUT2D eigenvalue weighted by molar-refractivity contribution is -0.137. The van der Waals surface area contributed by atoms with Crippen molar-refractivity contribution in [3.8, 4) is 17.1 Å². The topological polar surface area (TPSA) is 101 Å². The number of alkyl halides is 3. The van der Waals surface area contributed by atoms with Gasteiger partial charge in [-0.3, -0.25) is 0 Å². The zero-order valence-corrected chi connectivity index (χ0v) is 18.7. The highest BCUT2D eigenvalue weighted by molar-refractivity contribution is 8.02. The Morgan fingerprint density at radius 2 is 1.97 bits per heavy atom. The SMILES string of the molecule is C=C(/N=C(\C=C/N)Oc1ccc(-c2nnc(Nc3ccc(Cl)c(C(F)(F)F)c3)[nH]2)cc1)SC. The lowest BCUT2D eigenvalue weighted by Gasteiger charge is -2.11. The van der Waals surface area contributed by atoms with Crippen molar-refractivity contribution in [1.29, 1.82) is 0 Å². The van der Waals surface area contributed by atoms with E-state index >= 15 is 0 Å². The first kappa shape index (κ1) is 24.2. The number of aromatic nitrogens is 3. The van der Waals surface area contributed by atoms with Crippen LogP contribution in [0.25, 0.3) is 11.4 Å². The second kappa shape index (κ2) is 10.5. The molecule has 0 saturated carbocycles. The number of nitrogens with one attached hydrogen (secondary N) is 2. The van der Waals surface area contributed by atoms with Crippen molar-refractivity contribution in [3.05, 3.63) is 76.9 Å². The average molecular weight is 495 g/mol. The van der Waals surface area contributed by atoms with Crippen molar-refractivity contribution in [3.63, 3.8) is 0 Å². The number of rotatable bonds is 7. The van der Waals surface area contributed by atoms with Gasteiger partial charge in [-0.15, -0.1) is 22.0 Å². The van der Waals surface area contributed by atoms with Crippen LogP contribution in [0.1, 0.15) is 5.56 Å². The van der Waals surface area contributed by atoms with E-state index in [2.05, 4.69) is 32.1 Å². The molecule has 0 amide bonds. The van der Waals surface area contributed by atoms with Gasteiger partial charge < -0.3 is 20.8 Å². The molecule has 0 aliphatic rings. The average Bonchev–Trinajstić information content (AvgIpc) is 3.23. The molecule has 1 aromatic heterocycles. The Morgan fingerprint density at radius 3 is 2.61 bits per heavy atom. The normalized spacial score (nSPS) is 12.2. The van der Waals surface area contributed by atoms with E-state index < -0.39 is 11.7 Å². The highest BCUT2D eigenvalue weighted by Crippen LogP contribution is 2.36. The van der Waals surface area contributed by atoms with Crippen molar-refractivity contribution in [2.45, 2.75) is 6.18 Å². The number of aromatic amines is 1. The number of hydrogen-bond donors (Lipinski definition) is 3. The molecule has 0 spiro atoms. The molecule has 2 aromatic carbocycles. The first-order valence-electron chi connectivity index (χ1n) is 9.24. The molecular formula is C21H18ClF3N6OS. The minimum Gasteiger partial charge on any atom is -0.439 e. The Morgan fingerprint density at radius 1 is 1.24 bits per heavy atom. The van der Waals surface area contributed by atoms with Crippen LogP contribution >= 0.6 is 23.4 Å². The van der Waals surface area contributed by atoms with Gasteiger partial charge in [-0.05, 0) is 54.9 Å². The van der Waals surface area contributed by atoms with Crippen LogP contribution in [0.4, 0.5) is 24.8 Å². The monoisotopic (exact) mass is 494 g/mol. The first-order chi connectivity index (χ1) is 15.7. The van der Waals surface area contributed by atoms with Crippen molar-refractivity contribution in [2.75, 3.05) is 11.6 Å². The van der Waals surface area contributed by atoms with E-state index in [1.807, 2.05) is 6.26 Å². The van der Waals surface area contributed by atoms with Gasteiger partial charge in [0.05, 0.1) is 15.6 Å². The number of nitrogens with two attached hydrogens (primary N) is 1. The summed E-state index contributed by atoms with van der Waals surface area (Å²) in [6.07, 6.45) is 0.0816. The van der Waals surface area contributed by atoms with Gasteiger partial charge >= 0.3 is 6.18 Å². The Labute approximate surface area is 196 Å². The Hall–Kier alpha value is -3.44. The zero-order valence-electron chi connectivity index (χ0n) is 17.2. The molecule has 0 fully saturated rings. The van der Waals surface area contributed by atoms with Gasteiger partial charge in [0.1, 0.15) is 5.75 Å². The number of thioether (sulfide) groups is 1. The number of anilines is 2. The van der Waals surface area contributed by atoms with Crippen LogP contribution in [0.5, 0.6) is 5.75 Å². The fourth-order valence-corrected chi connectivity index (χ4v) is 2.96. The number of ether oxygens (including phenoxy) is 1. The second-order valence-corrected chi connectivity index (χ2v) is 7.66. The van der Waals surface area contributed by atoms with Crippen molar-refractivity contribution >= 4 is 40.9 Å². The molecule has 3 aromatic rings. The lowest BCUT2D eigenvalue weighted by atomic mass is 10.2. The maximum absolute atomic E-state index is 13.0. The third kappa shape index (κ3) is 6.53. The van der Waals surface area contributed by atoms with Crippen molar-refractivity contribution in [2.24, 2.45) is 10.7 Å². The van der Waals surface area contributed by atoms with E-state index in [1.54, 1.807) is 24.3 Å². The molecular weight excluding hydrogens is 477 g/mol. The second-order valence-electron chi connectivity index (χ2n) is 6.37. The number of nitrogens with zero attached hydrogens (tertiary/aromatic N) is 3. The predicted molar refractivity (Wildman–Crippen MR) is 126 cm³/mol. The molecule has 1 heterocycles. The first-order valence-corrected chi connectivity index (χ1v) is 10.8. The summed E-state index contributed by atoms with van der Waals surface area (Å²) in [5.74, 6) is 1.35. The van der Waals surface area contributed by atoms with Gasteiger partial charge in [-0.2, -0.15) is 13.2 Å². The number of hydrogen-bond acceptors (Lipinski definition) is 7. The van der Waals surface area contributed by atoms with Crippen LogP contribution in [-0.4, -0.2) is 27.3 Å². The molecule has 0 radical (unpaired) electrons. The minimum atomic E-state index is -4.57. The lowest BCUT2D eigenvalue weighted by Crippen LogP contribution is -2.06. The number of benzene rings is 2. The van der Waals surface area contributed by atoms with Gasteiger partial charge in [-0.25, -0.2) is 4.99 Å². The molecule has 0 unspecified atom stereocenters. The largest absolute Gasteiger partial charge is 0.439 e. The van der Waals surface area contributed by atoms with E-state index in [4.69, 9.17) is 22.1 Å². The van der Waals surface area contributed by atoms with Crippen molar-refractivity contribution < 1.29 is 17.9 Å². The zero-order chi connectivity index (χ0) is 24.0. The molecule has 172 valence electrons. The van der Waals surface area contributed by atoms with Crippen LogP contribution in [0.2, 0.25) is 5.02 Å². The van der Waals surface area contributed by atoms with Crippen LogP contribution in [0.3, 0.4) is 0 Å². The Kier molecular flexibility index (Phi) is 7.67. The van der Waals surface area contributed by atoms with Gasteiger partial charge in [0.25, 0.3) is 0 Å². The van der Waals surface area contributed by atoms with Crippen LogP contribution < -0.4 is 15.8 Å². The summed E-state index contributed by atoms with van der Waals surface area (Å²) in [4.78, 5) is 7.12. The molecule has 7 nitrogen and oxygen atoms in total. The maximum atomic E-state index is 13.0. The molecule has 0 bridgehead atoms. The third-order valence-corrected chi connectivity index (χ3v) is 4.97. The van der Waals surface area contributed by atoms with Gasteiger partial charge in [0.2, 0.25) is 11.8 Å². The summed E-state index contributed by atoms with van der Waals surface area (Å²) in [5.41, 5.74) is 5.32. The number of aliphatic imine (C=N–C) groups is 1. The fraction of sp³-hybridized carbons (Fsp3) is 0.0952. The van der Waals surface area contributed by atoms with E-state index in [0.717, 1.165) is 12.1 Å². The summed E-state index contributed by atoms with van der Waals surface area (Å²) < 4.78 is 44.8. The summed E-state index contributed by atoms with van der Waals surface area (Å²) in [6.45, 7) is 3.78. The summed E-state index contributed by atoms with van der Waals surface area (Å²) in [6, 6.07) is 10.3. The van der Waals surface area contributed by atoms with Gasteiger partial charge in [-0.1, -0.05) is 18.2 Å². The summed E-state index contributed by atoms with van der Waals surface area (Å²) >= 11 is 7.02.